The highest BCUT2D eigenvalue weighted by atomic mass is 16.5. The maximum atomic E-state index is 14.1. The van der Waals surface area contributed by atoms with Gasteiger partial charge in [-0.3, -0.25) is 48.4 Å². The van der Waals surface area contributed by atoms with E-state index >= 15 is 0 Å². The topological polar surface area (TPSA) is 233 Å². The number of methoxy groups -OCH3 is 2. The quantitative estimate of drug-likeness (QED) is 0.0581. The van der Waals surface area contributed by atoms with Gasteiger partial charge < -0.3 is 54.5 Å². The summed E-state index contributed by atoms with van der Waals surface area (Å²) in [6.07, 6.45) is 13.3. The Balaban J connectivity index is 0.671. The number of hydrogen-bond acceptors (Lipinski definition) is 15. The Morgan fingerprint density at radius 2 is 1.18 bits per heavy atom. The molecule has 1 unspecified atom stereocenters. The molecule has 0 aliphatic carbocycles. The molecule has 0 radical (unpaired) electrons. The van der Waals surface area contributed by atoms with Crippen molar-refractivity contribution >= 4 is 87.7 Å². The van der Waals surface area contributed by atoms with Crippen LogP contribution in [0.3, 0.4) is 0 Å². The zero-order chi connectivity index (χ0) is 57.4. The number of nitrogens with zero attached hydrogens (tertiary/aromatic N) is 7. The summed E-state index contributed by atoms with van der Waals surface area (Å²) in [7, 11) is 5.20. The van der Waals surface area contributed by atoms with Crippen LogP contribution in [0.15, 0.2) is 107 Å². The van der Waals surface area contributed by atoms with E-state index in [0.29, 0.717) is 89.7 Å². The minimum Gasteiger partial charge on any atom is -0.493 e. The van der Waals surface area contributed by atoms with Crippen LogP contribution in [0.5, 0.6) is 23.0 Å². The lowest BCUT2D eigenvalue weighted by atomic mass is 10.0. The van der Waals surface area contributed by atoms with E-state index < -0.39 is 17.9 Å². The van der Waals surface area contributed by atoms with Crippen LogP contribution in [0, 0.1) is 0 Å². The van der Waals surface area contributed by atoms with Gasteiger partial charge in [-0.25, -0.2) is 0 Å². The van der Waals surface area contributed by atoms with Crippen molar-refractivity contribution in [2.24, 2.45) is 9.98 Å². The number of nitrogens with one attached hydrogen (secondary N) is 3. The first-order chi connectivity index (χ1) is 39.7. The summed E-state index contributed by atoms with van der Waals surface area (Å²) in [6.45, 7) is 6.11. The molecule has 6 heterocycles. The molecule has 6 aliphatic heterocycles. The monoisotopic (exact) mass is 1110 g/mol. The standard InChI is InChI=1S/C61H66N10O11/c1-38(65-56(73)35-64-55(72)9-6-5-7-20-69-57(74)18-19-58(69)75)59(76)66-43-14-10-39(11-15-43)41-27-45-33-62-49-31-53(51(79-3)29-47(49)60(77)70(45)36-41)81-25-8-26-82-54-32-50-48(30-52(54)80-4)61(78)71-37-42(28-46(71)34-63-50)40-12-16-44(17-13-40)68-23-21-67(2)22-24-68/h10-19,29-34,36-38,45-46H,5-9,20-28,35H2,1-4H3,(H,64,72)(H,65,73)(H,66,76)/t38-,45-,46?/m0/s1. The summed E-state index contributed by atoms with van der Waals surface area (Å²) in [5.74, 6) is -0.751. The lowest BCUT2D eigenvalue weighted by Gasteiger charge is -2.34. The van der Waals surface area contributed by atoms with E-state index in [1.165, 1.54) is 39.0 Å². The number of unbranched alkanes of at least 4 members (excludes halogenated alkanes) is 2. The lowest BCUT2D eigenvalue weighted by molar-refractivity contribution is -0.137. The van der Waals surface area contributed by atoms with Crippen molar-refractivity contribution in [2.75, 3.05) is 84.0 Å². The number of fused-ring (bicyclic) bond motifs is 4. The number of piperazine rings is 1. The molecule has 1 saturated heterocycles. The fourth-order valence-electron chi connectivity index (χ4n) is 10.5. The summed E-state index contributed by atoms with van der Waals surface area (Å²) in [6, 6.07) is 21.1. The number of rotatable bonds is 22. The van der Waals surface area contributed by atoms with E-state index in [1.807, 2.05) is 30.7 Å². The van der Waals surface area contributed by atoms with Gasteiger partial charge in [0, 0.05) is 119 Å². The molecule has 4 aromatic rings. The lowest BCUT2D eigenvalue weighted by Crippen LogP contribution is -2.45. The number of hydrogen-bond donors (Lipinski definition) is 3. The smallest absolute Gasteiger partial charge is 0.260 e. The number of ether oxygens (including phenoxy) is 4. The van der Waals surface area contributed by atoms with Gasteiger partial charge in [-0.05, 0) is 85.5 Å². The first-order valence-electron chi connectivity index (χ1n) is 27.6. The number of benzene rings is 4. The second kappa shape index (κ2) is 25.1. The molecule has 10 rings (SSSR count). The molecule has 0 aromatic heterocycles. The first-order valence-corrected chi connectivity index (χ1v) is 27.6. The molecule has 426 valence electrons. The van der Waals surface area contributed by atoms with Gasteiger partial charge in [-0.1, -0.05) is 30.7 Å². The van der Waals surface area contributed by atoms with Crippen molar-refractivity contribution in [3.05, 3.63) is 120 Å². The van der Waals surface area contributed by atoms with Crippen molar-refractivity contribution in [3.63, 3.8) is 0 Å². The van der Waals surface area contributed by atoms with Crippen molar-refractivity contribution < 1.29 is 52.5 Å². The predicted molar refractivity (Wildman–Crippen MR) is 309 cm³/mol. The SMILES string of the molecule is COc1cc2c(cc1OCCCOc1cc3c(cc1OC)C(=O)N1C=C(c4ccc(NC(=O)[C@H](C)NC(=O)CNC(=O)CCCCCN5C(=O)C=CC5=O)cc4)C[C@H]1C=N3)N=CC1CC(c3ccc(N4CCN(C)CC4)cc3)=CN1C2=O. The van der Waals surface area contributed by atoms with Crippen LogP contribution < -0.4 is 39.8 Å². The molecule has 0 bridgehead atoms. The van der Waals surface area contributed by atoms with Crippen molar-refractivity contribution in [1.29, 1.82) is 0 Å². The maximum Gasteiger partial charge on any atom is 0.260 e. The minimum atomic E-state index is -0.899. The van der Waals surface area contributed by atoms with Crippen molar-refractivity contribution in [1.82, 2.24) is 30.2 Å². The van der Waals surface area contributed by atoms with Crippen molar-refractivity contribution in [3.8, 4) is 23.0 Å². The third kappa shape index (κ3) is 12.7. The molecule has 6 aliphatic rings. The Morgan fingerprint density at radius 3 is 1.72 bits per heavy atom. The number of carbonyl (C=O) groups is 7. The summed E-state index contributed by atoms with van der Waals surface area (Å²) in [5.41, 5.74) is 7.33. The molecule has 3 N–H and O–H groups in total. The molecule has 4 aromatic carbocycles. The highest BCUT2D eigenvalue weighted by Crippen LogP contribution is 2.42. The Bertz CT molecular complexity index is 3290. The molecule has 1 fully saturated rings. The van der Waals surface area contributed by atoms with Gasteiger partial charge in [0.2, 0.25) is 17.7 Å². The molecule has 21 nitrogen and oxygen atoms in total. The number of anilines is 2. The number of carbonyl (C=O) groups excluding carboxylic acids is 7. The van der Waals surface area contributed by atoms with Crippen LogP contribution in [0.2, 0.25) is 0 Å². The second-order valence-corrected chi connectivity index (χ2v) is 20.9. The fraction of sp³-hybridized carbons (Fsp3) is 0.361. The van der Waals surface area contributed by atoms with Crippen molar-refractivity contribution in [2.45, 2.75) is 70.0 Å². The van der Waals surface area contributed by atoms with Gasteiger partial charge in [-0.2, -0.15) is 0 Å². The Kier molecular flexibility index (Phi) is 17.2. The van der Waals surface area contributed by atoms with Gasteiger partial charge in [0.15, 0.2) is 23.0 Å². The van der Waals surface area contributed by atoms with E-state index in [2.05, 4.69) is 57.1 Å². The highest BCUT2D eigenvalue weighted by Gasteiger charge is 2.36. The minimum absolute atomic E-state index is 0.161. The number of likely N-dealkylation sites (N-methyl/N-ethyl adjacent to an activating group) is 1. The highest BCUT2D eigenvalue weighted by molar-refractivity contribution is 6.13. The van der Waals surface area contributed by atoms with Gasteiger partial charge in [-0.15, -0.1) is 0 Å². The second-order valence-electron chi connectivity index (χ2n) is 20.9. The summed E-state index contributed by atoms with van der Waals surface area (Å²) in [4.78, 5) is 108. The van der Waals surface area contributed by atoms with Crippen LogP contribution in [0.4, 0.5) is 22.7 Å². The van der Waals surface area contributed by atoms with E-state index in [9.17, 15) is 33.6 Å². The maximum absolute atomic E-state index is 14.1. The number of amides is 7. The zero-order valence-electron chi connectivity index (χ0n) is 46.4. The number of aliphatic imine (C=N–C) groups is 2. The molecule has 3 atom stereocenters. The molecule has 0 spiro atoms. The van der Waals surface area contributed by atoms with Gasteiger partial charge in [0.25, 0.3) is 23.6 Å². The van der Waals surface area contributed by atoms with Gasteiger partial charge in [0.1, 0.15) is 6.04 Å². The molecule has 82 heavy (non-hydrogen) atoms. The molecular weight excluding hydrogens is 1050 g/mol. The summed E-state index contributed by atoms with van der Waals surface area (Å²) >= 11 is 0. The molecule has 0 saturated carbocycles. The summed E-state index contributed by atoms with van der Waals surface area (Å²) in [5, 5.41) is 7.94. The normalized spacial score (nSPS) is 18.4. The average molecular weight is 1120 g/mol. The Hall–Kier alpha value is -9.11. The number of imide groups is 1. The van der Waals surface area contributed by atoms with E-state index in [-0.39, 0.29) is 74.3 Å². The van der Waals surface area contributed by atoms with E-state index in [0.717, 1.165) is 53.4 Å². The van der Waals surface area contributed by atoms with Crippen LogP contribution in [-0.2, 0) is 24.0 Å². The zero-order valence-corrected chi connectivity index (χ0v) is 46.4. The molecular formula is C61H66N10O11. The predicted octanol–water partition coefficient (Wildman–Crippen LogP) is 6.29. The Morgan fingerprint density at radius 1 is 0.646 bits per heavy atom. The molecule has 21 heteroatoms. The average Bonchev–Trinajstić information content (AvgIpc) is 4.26. The van der Waals surface area contributed by atoms with Crippen LogP contribution in [0.1, 0.15) is 83.7 Å². The van der Waals surface area contributed by atoms with Crippen LogP contribution >= 0.6 is 0 Å². The third-order valence-corrected chi connectivity index (χ3v) is 15.3. The van der Waals surface area contributed by atoms with E-state index in [4.69, 9.17) is 28.9 Å². The van der Waals surface area contributed by atoms with Gasteiger partial charge >= 0.3 is 0 Å². The van der Waals surface area contributed by atoms with E-state index in [1.54, 1.807) is 52.4 Å². The Labute approximate surface area is 475 Å². The van der Waals surface area contributed by atoms with Crippen LogP contribution in [-0.4, -0.2) is 165 Å². The third-order valence-electron chi connectivity index (χ3n) is 15.3. The summed E-state index contributed by atoms with van der Waals surface area (Å²) < 4.78 is 23.8. The largest absolute Gasteiger partial charge is 0.493 e. The van der Waals surface area contributed by atoms with Gasteiger partial charge in [0.05, 0.1) is 68.6 Å². The fourth-order valence-corrected chi connectivity index (χ4v) is 10.5. The molecule has 7 amide bonds. The first kappa shape index (κ1) is 56.2. The van der Waals surface area contributed by atoms with Crippen LogP contribution in [0.25, 0.3) is 11.1 Å².